The second-order valence-electron chi connectivity index (χ2n) is 12.0. The molecule has 0 radical (unpaired) electrons. The van der Waals surface area contributed by atoms with Crippen LogP contribution < -0.4 is 5.32 Å². The molecule has 9 heteroatoms. The summed E-state index contributed by atoms with van der Waals surface area (Å²) >= 11 is 0. The number of morpholine rings is 1. The van der Waals surface area contributed by atoms with Gasteiger partial charge < -0.3 is 19.7 Å². The molecule has 9 nitrogen and oxygen atoms in total. The average molecular weight is 512 g/mol. The molecule has 0 spiro atoms. The van der Waals surface area contributed by atoms with Crippen molar-refractivity contribution in [2.75, 3.05) is 26.2 Å². The molecule has 1 N–H and O–H groups in total. The lowest BCUT2D eigenvalue weighted by Crippen LogP contribution is -2.55. The van der Waals surface area contributed by atoms with E-state index in [1.165, 1.54) is 0 Å². The van der Waals surface area contributed by atoms with Crippen LogP contribution in [0.5, 0.6) is 0 Å². The fraction of sp³-hybridized carbons (Fsp3) is 0.679. The molecule has 4 heterocycles. The van der Waals surface area contributed by atoms with Gasteiger partial charge in [-0.25, -0.2) is 4.79 Å². The third-order valence-electron chi connectivity index (χ3n) is 7.74. The Labute approximate surface area is 219 Å². The monoisotopic (exact) mass is 511 g/mol. The zero-order valence-electron chi connectivity index (χ0n) is 22.8. The zero-order chi connectivity index (χ0) is 26.3. The Balaban J connectivity index is 1.19. The lowest BCUT2D eigenvalue weighted by molar-refractivity contribution is -0.0609. The molecule has 1 aromatic carbocycles. The number of benzene rings is 1. The number of aromatic nitrogens is 2. The molecule has 0 aliphatic carbocycles. The minimum absolute atomic E-state index is 0.0260. The predicted molar refractivity (Wildman–Crippen MR) is 142 cm³/mol. The van der Waals surface area contributed by atoms with Crippen molar-refractivity contribution in [1.82, 2.24) is 24.9 Å². The molecule has 3 fully saturated rings. The van der Waals surface area contributed by atoms with Crippen molar-refractivity contribution in [3.63, 3.8) is 0 Å². The molecule has 5 rings (SSSR count). The number of piperidine rings is 1. The topological polar surface area (TPSA) is 88.9 Å². The van der Waals surface area contributed by atoms with Gasteiger partial charge in [0.25, 0.3) is 5.91 Å². The first-order chi connectivity index (χ1) is 17.6. The van der Waals surface area contributed by atoms with Crippen molar-refractivity contribution in [2.24, 2.45) is 0 Å². The minimum atomic E-state index is -0.504. The van der Waals surface area contributed by atoms with Gasteiger partial charge >= 0.3 is 6.09 Å². The Morgan fingerprint density at radius 3 is 2.54 bits per heavy atom. The van der Waals surface area contributed by atoms with E-state index in [2.05, 4.69) is 29.2 Å². The predicted octanol–water partition coefficient (Wildman–Crippen LogP) is 3.98. The summed E-state index contributed by atoms with van der Waals surface area (Å²) in [4.78, 5) is 30.2. The number of para-hydroxylation sites is 1. The molecule has 3 aliphatic rings. The first-order valence-electron chi connectivity index (χ1n) is 13.7. The van der Waals surface area contributed by atoms with Gasteiger partial charge in [-0.05, 0) is 66.4 Å². The Morgan fingerprint density at radius 2 is 1.86 bits per heavy atom. The number of hydrogen-bond acceptors (Lipinski definition) is 6. The first-order valence-corrected chi connectivity index (χ1v) is 13.7. The van der Waals surface area contributed by atoms with Crippen LogP contribution in [0.2, 0.25) is 0 Å². The van der Waals surface area contributed by atoms with Gasteiger partial charge in [-0.1, -0.05) is 18.2 Å². The van der Waals surface area contributed by atoms with E-state index >= 15 is 0 Å². The maximum absolute atomic E-state index is 13.3. The van der Waals surface area contributed by atoms with Crippen molar-refractivity contribution in [3.8, 4) is 0 Å². The Morgan fingerprint density at radius 1 is 1.16 bits per heavy atom. The summed E-state index contributed by atoms with van der Waals surface area (Å²) in [6, 6.07) is 9.09. The van der Waals surface area contributed by atoms with Crippen LogP contribution in [0.15, 0.2) is 24.3 Å². The van der Waals surface area contributed by atoms with Crippen LogP contribution in [0.1, 0.15) is 76.8 Å². The largest absolute Gasteiger partial charge is 0.444 e. The third kappa shape index (κ3) is 5.62. The number of rotatable bonds is 5. The van der Waals surface area contributed by atoms with Crippen LogP contribution in [0, 0.1) is 0 Å². The lowest BCUT2D eigenvalue weighted by atomic mass is 9.96. The van der Waals surface area contributed by atoms with E-state index in [-0.39, 0.29) is 30.2 Å². The van der Waals surface area contributed by atoms with Crippen molar-refractivity contribution in [1.29, 1.82) is 0 Å². The molecule has 1 unspecified atom stereocenters. The molecule has 2 bridgehead atoms. The SMILES string of the molecule is CC(C)n1nc(C(=O)N[C@@H]2C[C@H]3CC[C@@H](C2)N3CC2CN(C(=O)OC(C)(C)C)CCO2)c2ccccc21. The number of ether oxygens (including phenoxy) is 2. The molecule has 2 amide bonds. The highest BCUT2D eigenvalue weighted by Gasteiger charge is 2.43. The molecular weight excluding hydrogens is 470 g/mol. The minimum Gasteiger partial charge on any atom is -0.444 e. The Bertz CT molecular complexity index is 1130. The van der Waals surface area contributed by atoms with Crippen LogP contribution in [0.4, 0.5) is 4.79 Å². The molecule has 4 atom stereocenters. The summed E-state index contributed by atoms with van der Waals surface area (Å²) in [7, 11) is 0. The second-order valence-corrected chi connectivity index (χ2v) is 12.0. The fourth-order valence-corrected chi connectivity index (χ4v) is 6.15. The van der Waals surface area contributed by atoms with E-state index in [0.717, 1.165) is 43.1 Å². The number of nitrogens with one attached hydrogen (secondary N) is 1. The first kappa shape index (κ1) is 26.0. The summed E-state index contributed by atoms with van der Waals surface area (Å²) in [5, 5.41) is 8.89. The zero-order valence-corrected chi connectivity index (χ0v) is 22.8. The van der Waals surface area contributed by atoms with Gasteiger partial charge in [0.2, 0.25) is 0 Å². The van der Waals surface area contributed by atoms with Gasteiger partial charge in [-0.3, -0.25) is 14.4 Å². The molecule has 37 heavy (non-hydrogen) atoms. The fourth-order valence-electron chi connectivity index (χ4n) is 6.15. The van der Waals surface area contributed by atoms with E-state index in [9.17, 15) is 9.59 Å². The van der Waals surface area contributed by atoms with Crippen LogP contribution >= 0.6 is 0 Å². The number of carbonyl (C=O) groups excluding carboxylic acids is 2. The van der Waals surface area contributed by atoms with Crippen molar-refractivity contribution in [3.05, 3.63) is 30.0 Å². The van der Waals surface area contributed by atoms with Crippen molar-refractivity contribution >= 4 is 22.9 Å². The number of amides is 2. The lowest BCUT2D eigenvalue weighted by Gasteiger charge is -2.42. The number of carbonyl (C=O) groups is 2. The molecular formula is C28H41N5O4. The number of fused-ring (bicyclic) bond motifs is 3. The van der Waals surface area contributed by atoms with Gasteiger partial charge in [0.05, 0.1) is 24.8 Å². The molecule has 2 aromatic rings. The van der Waals surface area contributed by atoms with Crippen molar-refractivity contribution in [2.45, 2.75) is 96.2 Å². The molecule has 3 saturated heterocycles. The van der Waals surface area contributed by atoms with Gasteiger partial charge in [-0.15, -0.1) is 0 Å². The van der Waals surface area contributed by atoms with Crippen molar-refractivity contribution < 1.29 is 19.1 Å². The molecule has 202 valence electrons. The van der Waals surface area contributed by atoms with Gasteiger partial charge in [-0.2, -0.15) is 5.10 Å². The highest BCUT2D eigenvalue weighted by atomic mass is 16.6. The summed E-state index contributed by atoms with van der Waals surface area (Å²) in [6.45, 7) is 12.3. The summed E-state index contributed by atoms with van der Waals surface area (Å²) < 4.78 is 13.6. The second kappa shape index (κ2) is 10.3. The normalized spacial score (nSPS) is 26.6. The van der Waals surface area contributed by atoms with Crippen LogP contribution in [-0.2, 0) is 9.47 Å². The average Bonchev–Trinajstić information content (AvgIpc) is 3.33. The summed E-state index contributed by atoms with van der Waals surface area (Å²) in [6.07, 6.45) is 3.82. The highest BCUT2D eigenvalue weighted by molar-refractivity contribution is 6.05. The van der Waals surface area contributed by atoms with E-state index in [4.69, 9.17) is 9.47 Å². The molecule has 1 aromatic heterocycles. The van der Waals surface area contributed by atoms with Gasteiger partial charge in [0.15, 0.2) is 5.69 Å². The quantitative estimate of drug-likeness (QED) is 0.653. The van der Waals surface area contributed by atoms with Crippen LogP contribution in [-0.4, -0.2) is 87.7 Å². The Kier molecular flexibility index (Phi) is 7.20. The maximum atomic E-state index is 13.3. The standard InChI is InChI=1S/C28H41N5O4/c1-18(2)33-24-9-7-6-8-23(24)25(30-33)26(34)29-19-14-20-10-11-21(15-19)32(20)17-22-16-31(12-13-36-22)27(35)37-28(3,4)5/h6-9,18-22H,10-17H2,1-5H3,(H,29,34)/t19-,20-,21+,22?. The van der Waals surface area contributed by atoms with Gasteiger partial charge in [0.1, 0.15) is 5.60 Å². The molecule has 3 aliphatic heterocycles. The van der Waals surface area contributed by atoms with Crippen LogP contribution in [0.25, 0.3) is 10.9 Å². The van der Waals surface area contributed by atoms with Gasteiger partial charge in [0, 0.05) is 42.6 Å². The highest BCUT2D eigenvalue weighted by Crippen LogP contribution is 2.36. The maximum Gasteiger partial charge on any atom is 0.410 e. The third-order valence-corrected chi connectivity index (χ3v) is 7.74. The van der Waals surface area contributed by atoms with E-state index < -0.39 is 5.60 Å². The van der Waals surface area contributed by atoms with E-state index in [1.807, 2.05) is 49.7 Å². The summed E-state index contributed by atoms with van der Waals surface area (Å²) in [5.41, 5.74) is 0.998. The Hall–Kier alpha value is -2.65. The smallest absolute Gasteiger partial charge is 0.410 e. The molecule has 0 saturated carbocycles. The number of nitrogens with zero attached hydrogens (tertiary/aromatic N) is 4. The van der Waals surface area contributed by atoms with Crippen LogP contribution in [0.3, 0.4) is 0 Å². The van der Waals surface area contributed by atoms with E-state index in [0.29, 0.717) is 37.5 Å². The summed E-state index contributed by atoms with van der Waals surface area (Å²) in [5.74, 6) is -0.0860. The number of hydrogen-bond donors (Lipinski definition) is 1. The van der Waals surface area contributed by atoms with E-state index in [1.54, 1.807) is 4.90 Å².